The maximum atomic E-state index is 5.92. The molecule has 0 saturated carbocycles. The number of ether oxygens (including phenoxy) is 3. The molecular formula is C24H28N2O3. The monoisotopic (exact) mass is 392 g/mol. The lowest BCUT2D eigenvalue weighted by Crippen LogP contribution is -2.18. The molecule has 0 aliphatic heterocycles. The van der Waals surface area contributed by atoms with Gasteiger partial charge in [0.15, 0.2) is 11.5 Å². The van der Waals surface area contributed by atoms with Crippen molar-refractivity contribution in [2.24, 2.45) is 0 Å². The molecule has 0 saturated heterocycles. The van der Waals surface area contributed by atoms with Crippen LogP contribution in [0.15, 0.2) is 67.0 Å². The van der Waals surface area contributed by atoms with E-state index in [1.54, 1.807) is 19.5 Å². The zero-order chi connectivity index (χ0) is 20.5. The van der Waals surface area contributed by atoms with Crippen molar-refractivity contribution in [3.63, 3.8) is 0 Å². The van der Waals surface area contributed by atoms with Crippen molar-refractivity contribution in [1.82, 2.24) is 10.3 Å². The average Bonchev–Trinajstić information content (AvgIpc) is 2.77. The van der Waals surface area contributed by atoms with Gasteiger partial charge < -0.3 is 19.5 Å². The van der Waals surface area contributed by atoms with Crippen LogP contribution in [0.25, 0.3) is 0 Å². The number of methoxy groups -OCH3 is 1. The maximum absolute atomic E-state index is 5.92. The lowest BCUT2D eigenvalue weighted by atomic mass is 10.1. The fraction of sp³-hybridized carbons (Fsp3) is 0.292. The Labute approximate surface area is 172 Å². The third-order valence-electron chi connectivity index (χ3n) is 4.68. The fourth-order valence-electron chi connectivity index (χ4n) is 2.97. The van der Waals surface area contributed by atoms with Gasteiger partial charge in [-0.3, -0.25) is 4.98 Å². The molecule has 3 rings (SSSR count). The molecule has 5 heteroatoms. The van der Waals surface area contributed by atoms with Gasteiger partial charge in [-0.25, -0.2) is 0 Å². The standard InChI is InChI=1S/C24H28N2O3/c1-4-28-22-8-5-19(6-9-22)16-26-18(2)21-7-10-23(24(15-21)27-3)29-17-20-11-13-25-14-12-20/h5-15,18,26H,4,16-17H2,1-3H3. The molecule has 0 bridgehead atoms. The predicted molar refractivity (Wildman–Crippen MR) is 114 cm³/mol. The van der Waals surface area contributed by atoms with Gasteiger partial charge in [-0.2, -0.15) is 0 Å². The number of nitrogens with one attached hydrogen (secondary N) is 1. The van der Waals surface area contributed by atoms with E-state index in [9.17, 15) is 0 Å². The average molecular weight is 392 g/mol. The Kier molecular flexibility index (Phi) is 7.47. The Morgan fingerprint density at radius 1 is 0.897 bits per heavy atom. The van der Waals surface area contributed by atoms with Gasteiger partial charge in [-0.15, -0.1) is 0 Å². The van der Waals surface area contributed by atoms with Crippen LogP contribution < -0.4 is 19.5 Å². The van der Waals surface area contributed by atoms with Crippen LogP contribution in [0.4, 0.5) is 0 Å². The Hall–Kier alpha value is -3.05. The highest BCUT2D eigenvalue weighted by Gasteiger charge is 2.11. The van der Waals surface area contributed by atoms with Crippen LogP contribution in [0.3, 0.4) is 0 Å². The van der Waals surface area contributed by atoms with E-state index in [0.29, 0.717) is 13.2 Å². The van der Waals surface area contributed by atoms with Gasteiger partial charge in [-0.05, 0) is 66.9 Å². The second-order valence-electron chi connectivity index (χ2n) is 6.73. The van der Waals surface area contributed by atoms with Gasteiger partial charge in [0.25, 0.3) is 0 Å². The van der Waals surface area contributed by atoms with Crippen molar-refractivity contribution in [1.29, 1.82) is 0 Å². The molecule has 0 aliphatic rings. The summed E-state index contributed by atoms with van der Waals surface area (Å²) in [7, 11) is 1.66. The fourth-order valence-corrected chi connectivity index (χ4v) is 2.97. The number of nitrogens with zero attached hydrogens (tertiary/aromatic N) is 1. The van der Waals surface area contributed by atoms with Gasteiger partial charge in [-0.1, -0.05) is 18.2 Å². The number of benzene rings is 2. The molecule has 5 nitrogen and oxygen atoms in total. The van der Waals surface area contributed by atoms with Crippen molar-refractivity contribution in [3.8, 4) is 17.2 Å². The van der Waals surface area contributed by atoms with E-state index in [0.717, 1.165) is 34.9 Å². The molecule has 0 spiro atoms. The summed E-state index contributed by atoms with van der Waals surface area (Å²) in [5, 5.41) is 3.55. The molecule has 0 amide bonds. The highest BCUT2D eigenvalue weighted by molar-refractivity contribution is 5.44. The van der Waals surface area contributed by atoms with E-state index in [1.165, 1.54) is 5.56 Å². The molecule has 152 valence electrons. The zero-order valence-corrected chi connectivity index (χ0v) is 17.2. The smallest absolute Gasteiger partial charge is 0.161 e. The molecule has 1 N–H and O–H groups in total. The first-order chi connectivity index (χ1) is 14.2. The molecule has 2 aromatic carbocycles. The van der Waals surface area contributed by atoms with E-state index >= 15 is 0 Å². The minimum Gasteiger partial charge on any atom is -0.494 e. The first-order valence-electron chi connectivity index (χ1n) is 9.84. The summed E-state index contributed by atoms with van der Waals surface area (Å²) in [6.07, 6.45) is 3.52. The number of rotatable bonds is 10. The van der Waals surface area contributed by atoms with Crippen molar-refractivity contribution >= 4 is 0 Å². The first-order valence-corrected chi connectivity index (χ1v) is 9.84. The summed E-state index contributed by atoms with van der Waals surface area (Å²) in [4.78, 5) is 4.02. The number of pyridine rings is 1. The predicted octanol–water partition coefficient (Wildman–Crippen LogP) is 4.92. The second-order valence-corrected chi connectivity index (χ2v) is 6.73. The van der Waals surface area contributed by atoms with Crippen LogP contribution in [0, 0.1) is 0 Å². The molecular weight excluding hydrogens is 364 g/mol. The van der Waals surface area contributed by atoms with E-state index in [-0.39, 0.29) is 6.04 Å². The van der Waals surface area contributed by atoms with Crippen LogP contribution in [0.5, 0.6) is 17.2 Å². The quantitative estimate of drug-likeness (QED) is 0.531. The molecule has 1 aromatic heterocycles. The third kappa shape index (κ3) is 5.96. The van der Waals surface area contributed by atoms with Crippen molar-refractivity contribution < 1.29 is 14.2 Å². The molecule has 0 radical (unpaired) electrons. The summed E-state index contributed by atoms with van der Waals surface area (Å²) in [6.45, 7) is 6.06. The summed E-state index contributed by atoms with van der Waals surface area (Å²) in [5.74, 6) is 2.36. The lowest BCUT2D eigenvalue weighted by Gasteiger charge is -2.17. The van der Waals surface area contributed by atoms with E-state index < -0.39 is 0 Å². The number of hydrogen-bond donors (Lipinski definition) is 1. The van der Waals surface area contributed by atoms with E-state index in [4.69, 9.17) is 14.2 Å². The highest BCUT2D eigenvalue weighted by Crippen LogP contribution is 2.31. The molecule has 0 fully saturated rings. The topological polar surface area (TPSA) is 52.6 Å². The van der Waals surface area contributed by atoms with Crippen molar-refractivity contribution in [2.75, 3.05) is 13.7 Å². The summed E-state index contributed by atoms with van der Waals surface area (Å²) in [6, 6.07) is 18.3. The largest absolute Gasteiger partial charge is 0.494 e. The third-order valence-corrected chi connectivity index (χ3v) is 4.68. The molecule has 3 aromatic rings. The highest BCUT2D eigenvalue weighted by atomic mass is 16.5. The van der Waals surface area contributed by atoms with Crippen LogP contribution in [0.1, 0.15) is 36.6 Å². The first kappa shape index (κ1) is 20.7. The van der Waals surface area contributed by atoms with Gasteiger partial charge in [0.2, 0.25) is 0 Å². The van der Waals surface area contributed by atoms with Gasteiger partial charge in [0, 0.05) is 25.0 Å². The van der Waals surface area contributed by atoms with Crippen molar-refractivity contribution in [2.45, 2.75) is 33.0 Å². The molecule has 0 aliphatic carbocycles. The Bertz CT molecular complexity index is 882. The van der Waals surface area contributed by atoms with Crippen molar-refractivity contribution in [3.05, 3.63) is 83.7 Å². The van der Waals surface area contributed by atoms with E-state index in [1.807, 2.05) is 43.3 Å². The second kappa shape index (κ2) is 10.5. The van der Waals surface area contributed by atoms with Crippen LogP contribution >= 0.6 is 0 Å². The van der Waals surface area contributed by atoms with Gasteiger partial charge in [0.1, 0.15) is 12.4 Å². The number of hydrogen-bond acceptors (Lipinski definition) is 5. The Morgan fingerprint density at radius 2 is 1.66 bits per heavy atom. The van der Waals surface area contributed by atoms with Crippen LogP contribution in [-0.2, 0) is 13.2 Å². The summed E-state index contributed by atoms with van der Waals surface area (Å²) < 4.78 is 17.0. The molecule has 1 atom stereocenters. The maximum Gasteiger partial charge on any atom is 0.161 e. The minimum atomic E-state index is 0.171. The summed E-state index contributed by atoms with van der Waals surface area (Å²) in [5.41, 5.74) is 3.42. The Morgan fingerprint density at radius 3 is 2.34 bits per heavy atom. The minimum absolute atomic E-state index is 0.171. The van der Waals surface area contributed by atoms with Crippen LogP contribution in [-0.4, -0.2) is 18.7 Å². The molecule has 1 unspecified atom stereocenters. The Balaban J connectivity index is 1.59. The van der Waals surface area contributed by atoms with E-state index in [2.05, 4.69) is 35.4 Å². The zero-order valence-electron chi connectivity index (χ0n) is 17.2. The molecule has 1 heterocycles. The molecule has 29 heavy (non-hydrogen) atoms. The SMILES string of the molecule is CCOc1ccc(CNC(C)c2ccc(OCc3ccncc3)c(OC)c2)cc1. The normalized spacial score (nSPS) is 11.7. The van der Waals surface area contributed by atoms with Crippen LogP contribution in [0.2, 0.25) is 0 Å². The number of aromatic nitrogens is 1. The lowest BCUT2D eigenvalue weighted by molar-refractivity contribution is 0.284. The summed E-state index contributed by atoms with van der Waals surface area (Å²) >= 11 is 0. The van der Waals surface area contributed by atoms with Gasteiger partial charge >= 0.3 is 0 Å². The van der Waals surface area contributed by atoms with Gasteiger partial charge in [0.05, 0.1) is 13.7 Å².